The van der Waals surface area contributed by atoms with Crippen LogP contribution in [0.15, 0.2) is 4.99 Å². The Morgan fingerprint density at radius 2 is 1.93 bits per heavy atom. The lowest BCUT2D eigenvalue weighted by molar-refractivity contribution is -0.181. The number of nitrogens with two attached hydrogens (primary N) is 1. The first-order chi connectivity index (χ1) is 13.7. The second-order valence-electron chi connectivity index (χ2n) is 7.87. The monoisotopic (exact) mass is 420 g/mol. The third kappa shape index (κ3) is 7.33. The molecule has 2 heterocycles. The molecule has 29 heavy (non-hydrogen) atoms. The van der Waals surface area contributed by atoms with E-state index in [0.29, 0.717) is 39.3 Å². The summed E-state index contributed by atoms with van der Waals surface area (Å²) in [5.41, 5.74) is 5.42. The number of carbonyl (C=O) groups is 1. The number of nitrogens with one attached hydrogen (secondary N) is 1. The average molecular weight is 421 g/mol. The Hall–Kier alpha value is -1.55. The van der Waals surface area contributed by atoms with Gasteiger partial charge in [0, 0.05) is 45.8 Å². The molecule has 0 aromatic heterocycles. The summed E-state index contributed by atoms with van der Waals surface area (Å²) in [7, 11) is 0. The number of hydrogen-bond donors (Lipinski definition) is 2. The second kappa shape index (κ2) is 11.0. The number of nitrogens with zero attached hydrogens (tertiary/aromatic N) is 4. The molecule has 168 valence electrons. The summed E-state index contributed by atoms with van der Waals surface area (Å²) in [6, 6.07) is -1.42. The van der Waals surface area contributed by atoms with Gasteiger partial charge in [-0.1, -0.05) is 0 Å². The number of piperazine rings is 1. The van der Waals surface area contributed by atoms with E-state index in [2.05, 4.69) is 15.2 Å². The van der Waals surface area contributed by atoms with Gasteiger partial charge in [-0.2, -0.15) is 13.2 Å². The van der Waals surface area contributed by atoms with E-state index in [1.54, 1.807) is 0 Å². The van der Waals surface area contributed by atoms with Gasteiger partial charge in [-0.15, -0.1) is 0 Å². The standard InChI is InChI=1S/C19H35F3N6O/c1-3-24-18(28-12-10-27(11-13-28)15(2)19(20,21)22)25-7-5-9-26-8-4-6-16(14-26)17(23)29/h15-16H,3-14H2,1-2H3,(H2,23,29)(H,24,25). The minimum Gasteiger partial charge on any atom is -0.369 e. The second-order valence-corrected chi connectivity index (χ2v) is 7.87. The molecule has 0 aliphatic carbocycles. The van der Waals surface area contributed by atoms with Gasteiger partial charge < -0.3 is 20.9 Å². The summed E-state index contributed by atoms with van der Waals surface area (Å²) in [6.07, 6.45) is -1.47. The van der Waals surface area contributed by atoms with Gasteiger partial charge in [0.1, 0.15) is 6.04 Å². The lowest BCUT2D eigenvalue weighted by atomic mass is 9.97. The van der Waals surface area contributed by atoms with Crippen LogP contribution >= 0.6 is 0 Å². The molecule has 7 nitrogen and oxygen atoms in total. The van der Waals surface area contributed by atoms with Gasteiger partial charge in [-0.25, -0.2) is 0 Å². The van der Waals surface area contributed by atoms with E-state index in [0.717, 1.165) is 44.9 Å². The van der Waals surface area contributed by atoms with Gasteiger partial charge in [0.2, 0.25) is 5.91 Å². The number of primary amides is 1. The number of amides is 1. The number of hydrogen-bond acceptors (Lipinski definition) is 4. The van der Waals surface area contributed by atoms with E-state index in [4.69, 9.17) is 5.73 Å². The smallest absolute Gasteiger partial charge is 0.369 e. The number of carbonyl (C=O) groups excluding carboxylic acids is 1. The number of guanidine groups is 1. The van der Waals surface area contributed by atoms with Crippen molar-refractivity contribution in [3.63, 3.8) is 0 Å². The molecule has 3 N–H and O–H groups in total. The molecule has 2 aliphatic rings. The number of alkyl halides is 3. The van der Waals surface area contributed by atoms with E-state index in [9.17, 15) is 18.0 Å². The first kappa shape index (κ1) is 23.7. The molecule has 1 amide bonds. The fourth-order valence-corrected chi connectivity index (χ4v) is 3.92. The van der Waals surface area contributed by atoms with Crippen molar-refractivity contribution in [3.8, 4) is 0 Å². The van der Waals surface area contributed by atoms with Crippen LogP contribution in [0.5, 0.6) is 0 Å². The zero-order valence-electron chi connectivity index (χ0n) is 17.5. The molecule has 2 rings (SSSR count). The molecule has 2 aliphatic heterocycles. The van der Waals surface area contributed by atoms with Gasteiger partial charge in [0.05, 0.1) is 5.92 Å². The zero-order chi connectivity index (χ0) is 21.4. The van der Waals surface area contributed by atoms with E-state index < -0.39 is 12.2 Å². The Balaban J connectivity index is 1.79. The van der Waals surface area contributed by atoms with Crippen LogP contribution in [0.4, 0.5) is 13.2 Å². The van der Waals surface area contributed by atoms with E-state index >= 15 is 0 Å². The van der Waals surface area contributed by atoms with Gasteiger partial charge in [-0.3, -0.25) is 14.7 Å². The van der Waals surface area contributed by atoms with Gasteiger partial charge in [0.15, 0.2) is 5.96 Å². The van der Waals surface area contributed by atoms with Crippen LogP contribution < -0.4 is 11.1 Å². The van der Waals surface area contributed by atoms with Crippen molar-refractivity contribution in [1.29, 1.82) is 0 Å². The maximum absolute atomic E-state index is 12.9. The third-order valence-corrected chi connectivity index (χ3v) is 5.77. The normalized spacial score (nSPS) is 23.8. The fourth-order valence-electron chi connectivity index (χ4n) is 3.92. The first-order valence-corrected chi connectivity index (χ1v) is 10.6. The zero-order valence-corrected chi connectivity index (χ0v) is 17.5. The minimum absolute atomic E-state index is 0.0556. The molecule has 2 unspecified atom stereocenters. The number of rotatable bonds is 7. The predicted molar refractivity (Wildman–Crippen MR) is 108 cm³/mol. The van der Waals surface area contributed by atoms with Gasteiger partial charge >= 0.3 is 6.18 Å². The summed E-state index contributed by atoms with van der Waals surface area (Å²) in [6.45, 7) is 8.91. The number of piperidine rings is 1. The van der Waals surface area contributed by atoms with Crippen LogP contribution in [-0.2, 0) is 4.79 Å². The van der Waals surface area contributed by atoms with Crippen LogP contribution in [0.2, 0.25) is 0 Å². The quantitative estimate of drug-likeness (QED) is 0.367. The molecule has 0 aromatic rings. The fraction of sp³-hybridized carbons (Fsp3) is 0.895. The molecular weight excluding hydrogens is 385 g/mol. The van der Waals surface area contributed by atoms with Crippen molar-refractivity contribution in [2.75, 3.05) is 58.9 Å². The molecule has 0 saturated carbocycles. The van der Waals surface area contributed by atoms with E-state index in [1.165, 1.54) is 11.8 Å². The van der Waals surface area contributed by atoms with Crippen molar-refractivity contribution < 1.29 is 18.0 Å². The molecular formula is C19H35F3N6O. The van der Waals surface area contributed by atoms with Crippen molar-refractivity contribution >= 4 is 11.9 Å². The van der Waals surface area contributed by atoms with Crippen LogP contribution in [0, 0.1) is 5.92 Å². The molecule has 0 aromatic carbocycles. The molecule has 2 saturated heterocycles. The lowest BCUT2D eigenvalue weighted by Gasteiger charge is -2.39. The molecule has 0 radical (unpaired) electrons. The highest BCUT2D eigenvalue weighted by atomic mass is 19.4. The Bertz CT molecular complexity index is 549. The maximum atomic E-state index is 12.9. The number of likely N-dealkylation sites (tertiary alicyclic amines) is 1. The van der Waals surface area contributed by atoms with Crippen molar-refractivity contribution in [2.45, 2.75) is 45.3 Å². The SMILES string of the molecule is CCNC(=NCCCN1CCCC(C(N)=O)C1)N1CCN(C(C)C(F)(F)F)CC1. The van der Waals surface area contributed by atoms with Crippen LogP contribution in [0.3, 0.4) is 0 Å². The summed E-state index contributed by atoms with van der Waals surface area (Å²) in [5.74, 6) is 0.488. The highest BCUT2D eigenvalue weighted by Crippen LogP contribution is 2.25. The highest BCUT2D eigenvalue weighted by molar-refractivity contribution is 5.80. The third-order valence-electron chi connectivity index (χ3n) is 5.77. The van der Waals surface area contributed by atoms with Crippen molar-refractivity contribution in [2.24, 2.45) is 16.6 Å². The largest absolute Gasteiger partial charge is 0.403 e. The average Bonchev–Trinajstić information content (AvgIpc) is 2.69. The number of aliphatic imine (C=N–C) groups is 1. The topological polar surface area (TPSA) is 77.2 Å². The van der Waals surface area contributed by atoms with Crippen LogP contribution in [0.25, 0.3) is 0 Å². The molecule has 10 heteroatoms. The minimum atomic E-state index is -4.19. The van der Waals surface area contributed by atoms with E-state index in [-0.39, 0.29) is 11.8 Å². The Labute approximate surface area is 171 Å². The van der Waals surface area contributed by atoms with Crippen molar-refractivity contribution in [1.82, 2.24) is 20.0 Å². The Kier molecular flexibility index (Phi) is 9.01. The molecule has 2 fully saturated rings. The van der Waals surface area contributed by atoms with Crippen LogP contribution in [0.1, 0.15) is 33.1 Å². The van der Waals surface area contributed by atoms with E-state index in [1.807, 2.05) is 11.8 Å². The van der Waals surface area contributed by atoms with Gasteiger partial charge in [-0.05, 0) is 46.2 Å². The van der Waals surface area contributed by atoms with Crippen LogP contribution in [-0.4, -0.2) is 97.7 Å². The summed E-state index contributed by atoms with van der Waals surface area (Å²) in [4.78, 5) is 21.8. The Morgan fingerprint density at radius 1 is 1.24 bits per heavy atom. The maximum Gasteiger partial charge on any atom is 0.403 e. The molecule has 0 spiro atoms. The summed E-state index contributed by atoms with van der Waals surface area (Å²) < 4.78 is 38.7. The predicted octanol–water partition coefficient (Wildman–Crippen LogP) is 1.11. The summed E-state index contributed by atoms with van der Waals surface area (Å²) in [5, 5.41) is 3.25. The van der Waals surface area contributed by atoms with Crippen molar-refractivity contribution in [3.05, 3.63) is 0 Å². The highest BCUT2D eigenvalue weighted by Gasteiger charge is 2.41. The lowest BCUT2D eigenvalue weighted by Crippen LogP contribution is -2.56. The Morgan fingerprint density at radius 3 is 2.52 bits per heavy atom. The first-order valence-electron chi connectivity index (χ1n) is 10.6. The molecule has 0 bridgehead atoms. The number of halogens is 3. The molecule has 2 atom stereocenters. The summed E-state index contributed by atoms with van der Waals surface area (Å²) >= 11 is 0. The van der Waals surface area contributed by atoms with Gasteiger partial charge in [0.25, 0.3) is 0 Å².